The molecule has 12 nitrogen and oxygen atoms in total. The van der Waals surface area contributed by atoms with Crippen LogP contribution in [0.1, 0.15) is 147 Å². The number of esters is 2. The summed E-state index contributed by atoms with van der Waals surface area (Å²) in [6, 6.07) is 11.7. The molecule has 2 rings (SSSR count). The van der Waals surface area contributed by atoms with Crippen molar-refractivity contribution in [2.45, 2.75) is 148 Å². The Balaban J connectivity index is 1.71. The zero-order valence-corrected chi connectivity index (χ0v) is 37.5. The largest absolute Gasteiger partial charge is 0.756 e. The molecule has 0 saturated heterocycles. The number of carbonyl (C=O) groups excluding carboxylic acids is 3. The van der Waals surface area contributed by atoms with Crippen molar-refractivity contribution in [2.75, 3.05) is 61.2 Å². The number of methoxy groups -OCH3 is 1. The van der Waals surface area contributed by atoms with Crippen molar-refractivity contribution in [3.63, 3.8) is 0 Å². The molecule has 330 valence electrons. The van der Waals surface area contributed by atoms with Gasteiger partial charge in [0.1, 0.15) is 25.5 Å². The smallest absolute Gasteiger partial charge is 0.306 e. The standard InChI is InChI=1S/C45H75N2O10P/c1-7-8-9-10-11-12-13-14-15-16-17-18-19-20-21-24-43(48)54-35-42(36-56-58(51,52)55-32-31-47(3,4)5)57-44(49)25-22-23-30-46-45(50)37(2)38-26-27-40-34-41(53-6)29-28-39(40)33-38/h26-29,33-34,37,42H,7-25,30-32,35-36H2,1-6H3,(H-,46,50,51,52). The number of likely N-dealkylation sites (N-methyl/N-ethyl adjacent to an activating group) is 1. The second-order valence-electron chi connectivity index (χ2n) is 16.5. The molecule has 1 amide bonds. The van der Waals surface area contributed by atoms with E-state index < -0.39 is 32.5 Å². The predicted octanol–water partition coefficient (Wildman–Crippen LogP) is 9.16. The maximum absolute atomic E-state index is 12.9. The first kappa shape index (κ1) is 51.1. The van der Waals surface area contributed by atoms with Gasteiger partial charge in [0.25, 0.3) is 7.82 Å². The summed E-state index contributed by atoms with van der Waals surface area (Å²) in [4.78, 5) is 50.6. The van der Waals surface area contributed by atoms with Crippen LogP contribution >= 0.6 is 7.82 Å². The Bertz CT molecular complexity index is 1510. The molecule has 1 N–H and O–H groups in total. The molecular formula is C45H75N2O10P. The molecule has 2 aromatic rings. The highest BCUT2D eigenvalue weighted by molar-refractivity contribution is 7.45. The average molecular weight is 835 g/mol. The van der Waals surface area contributed by atoms with Gasteiger partial charge in [0.15, 0.2) is 6.10 Å². The van der Waals surface area contributed by atoms with Gasteiger partial charge in [0.2, 0.25) is 5.91 Å². The number of amides is 1. The second-order valence-corrected chi connectivity index (χ2v) is 17.9. The van der Waals surface area contributed by atoms with Gasteiger partial charge in [-0.05, 0) is 54.7 Å². The Kier molecular flexibility index (Phi) is 25.8. The van der Waals surface area contributed by atoms with Gasteiger partial charge in [0, 0.05) is 19.4 Å². The summed E-state index contributed by atoms with van der Waals surface area (Å²) in [5, 5.41) is 4.97. The van der Waals surface area contributed by atoms with Gasteiger partial charge >= 0.3 is 11.9 Å². The summed E-state index contributed by atoms with van der Waals surface area (Å²) in [6.45, 7) is 3.95. The van der Waals surface area contributed by atoms with Gasteiger partial charge in [-0.1, -0.05) is 121 Å². The van der Waals surface area contributed by atoms with Crippen molar-refractivity contribution in [3.05, 3.63) is 42.0 Å². The first-order valence-corrected chi connectivity index (χ1v) is 23.3. The van der Waals surface area contributed by atoms with Crippen LogP contribution < -0.4 is 14.9 Å². The molecule has 0 aliphatic rings. The summed E-state index contributed by atoms with van der Waals surface area (Å²) in [5.41, 5.74) is 0.893. The molecule has 3 unspecified atom stereocenters. The molecular weight excluding hydrogens is 759 g/mol. The lowest BCUT2D eigenvalue weighted by atomic mass is 9.97. The fraction of sp³-hybridized carbons (Fsp3) is 0.711. The maximum Gasteiger partial charge on any atom is 0.306 e. The molecule has 0 fully saturated rings. The second kappa shape index (κ2) is 29.2. The van der Waals surface area contributed by atoms with E-state index in [0.717, 1.165) is 41.3 Å². The van der Waals surface area contributed by atoms with Gasteiger partial charge in [-0.2, -0.15) is 0 Å². The fourth-order valence-electron chi connectivity index (χ4n) is 6.45. The molecule has 0 aromatic heterocycles. The van der Waals surface area contributed by atoms with Crippen LogP contribution in [0.2, 0.25) is 0 Å². The number of ether oxygens (including phenoxy) is 3. The van der Waals surface area contributed by atoms with Gasteiger partial charge < -0.3 is 38.0 Å². The Hall–Kier alpha value is -3.02. The monoisotopic (exact) mass is 835 g/mol. The van der Waals surface area contributed by atoms with Crippen molar-refractivity contribution in [3.8, 4) is 5.75 Å². The minimum atomic E-state index is -4.69. The lowest BCUT2D eigenvalue weighted by Crippen LogP contribution is -2.37. The Morgan fingerprint density at radius 1 is 0.724 bits per heavy atom. The minimum absolute atomic E-state index is 0.0260. The quantitative estimate of drug-likeness (QED) is 0.0313. The minimum Gasteiger partial charge on any atom is -0.756 e. The number of phosphoric ester groups is 1. The summed E-state index contributed by atoms with van der Waals surface area (Å²) < 4.78 is 39.1. The number of rotatable bonds is 34. The summed E-state index contributed by atoms with van der Waals surface area (Å²) in [6.07, 6.45) is 18.5. The number of hydrogen-bond acceptors (Lipinski definition) is 10. The Morgan fingerprint density at radius 3 is 1.88 bits per heavy atom. The first-order chi connectivity index (χ1) is 27.7. The van der Waals surface area contributed by atoms with Crippen molar-refractivity contribution in [1.82, 2.24) is 5.32 Å². The van der Waals surface area contributed by atoms with Crippen molar-refractivity contribution in [1.29, 1.82) is 0 Å². The number of hydrogen-bond donors (Lipinski definition) is 1. The number of unbranched alkanes of at least 4 members (excludes halogenated alkanes) is 15. The third kappa shape index (κ3) is 24.2. The highest BCUT2D eigenvalue weighted by Crippen LogP contribution is 2.38. The Labute approximate surface area is 349 Å². The van der Waals surface area contributed by atoms with Gasteiger partial charge in [-0.3, -0.25) is 18.9 Å². The van der Waals surface area contributed by atoms with Crippen LogP contribution in [0.4, 0.5) is 0 Å². The van der Waals surface area contributed by atoms with E-state index in [4.69, 9.17) is 23.3 Å². The van der Waals surface area contributed by atoms with Crippen LogP contribution in [0.25, 0.3) is 10.8 Å². The van der Waals surface area contributed by atoms with Crippen molar-refractivity contribution < 1.29 is 51.6 Å². The molecule has 0 aliphatic carbocycles. The van der Waals surface area contributed by atoms with Crippen LogP contribution in [-0.2, 0) is 37.5 Å². The van der Waals surface area contributed by atoms with Crippen LogP contribution in [-0.4, -0.2) is 89.6 Å². The van der Waals surface area contributed by atoms with Crippen LogP contribution in [0.15, 0.2) is 36.4 Å². The maximum atomic E-state index is 12.9. The normalized spacial score (nSPS) is 13.8. The number of nitrogens with one attached hydrogen (secondary N) is 1. The fourth-order valence-corrected chi connectivity index (χ4v) is 7.18. The molecule has 0 spiro atoms. The SMILES string of the molecule is CCCCCCCCCCCCCCCCCC(=O)OCC(COP(=O)([O-])OCC[N+](C)(C)C)OC(=O)CCCCNC(=O)C(C)c1ccc2cc(OC)ccc2c1. The topological polar surface area (TPSA) is 150 Å². The Morgan fingerprint density at radius 2 is 1.28 bits per heavy atom. The van der Waals surface area contributed by atoms with Crippen LogP contribution in [0.5, 0.6) is 5.75 Å². The van der Waals surface area contributed by atoms with E-state index in [1.54, 1.807) is 7.11 Å². The summed E-state index contributed by atoms with van der Waals surface area (Å²) in [5.74, 6) is -0.745. The predicted molar refractivity (Wildman–Crippen MR) is 229 cm³/mol. The molecule has 0 heterocycles. The lowest BCUT2D eigenvalue weighted by molar-refractivity contribution is -0.870. The number of carbonyl (C=O) groups is 3. The third-order valence-corrected chi connectivity index (χ3v) is 11.2. The molecule has 2 aromatic carbocycles. The molecule has 58 heavy (non-hydrogen) atoms. The first-order valence-electron chi connectivity index (χ1n) is 21.8. The zero-order valence-electron chi connectivity index (χ0n) is 36.6. The molecule has 0 aliphatic heterocycles. The zero-order chi connectivity index (χ0) is 42.7. The molecule has 0 radical (unpaired) electrons. The van der Waals surface area contributed by atoms with Crippen LogP contribution in [0.3, 0.4) is 0 Å². The van der Waals surface area contributed by atoms with E-state index in [1.165, 1.54) is 70.6 Å². The van der Waals surface area contributed by atoms with Crippen molar-refractivity contribution >= 4 is 36.4 Å². The highest BCUT2D eigenvalue weighted by atomic mass is 31.2. The number of quaternary nitrogens is 1. The van der Waals surface area contributed by atoms with Gasteiger partial charge in [-0.25, -0.2) is 0 Å². The van der Waals surface area contributed by atoms with E-state index in [-0.39, 0.29) is 37.9 Å². The number of phosphoric acid groups is 1. The average Bonchev–Trinajstić information content (AvgIpc) is 3.18. The van der Waals surface area contributed by atoms with E-state index in [2.05, 4.69) is 12.2 Å². The van der Waals surface area contributed by atoms with E-state index in [9.17, 15) is 23.8 Å². The highest BCUT2D eigenvalue weighted by Gasteiger charge is 2.22. The van der Waals surface area contributed by atoms with Gasteiger partial charge in [0.05, 0.1) is 40.8 Å². The van der Waals surface area contributed by atoms with E-state index in [1.807, 2.05) is 64.5 Å². The number of benzene rings is 2. The number of nitrogens with zero attached hydrogens (tertiary/aromatic N) is 1. The summed E-state index contributed by atoms with van der Waals surface area (Å²) in [7, 11) is 2.65. The van der Waals surface area contributed by atoms with E-state index >= 15 is 0 Å². The van der Waals surface area contributed by atoms with Crippen molar-refractivity contribution in [2.24, 2.45) is 0 Å². The molecule has 13 heteroatoms. The molecule has 0 bridgehead atoms. The number of fused-ring (bicyclic) bond motifs is 1. The molecule has 3 atom stereocenters. The van der Waals surface area contributed by atoms with Gasteiger partial charge in [-0.15, -0.1) is 0 Å². The third-order valence-electron chi connectivity index (χ3n) is 10.2. The van der Waals surface area contributed by atoms with Crippen LogP contribution in [0, 0.1) is 0 Å². The molecule has 0 saturated carbocycles. The van der Waals surface area contributed by atoms with E-state index in [0.29, 0.717) is 36.8 Å². The summed E-state index contributed by atoms with van der Waals surface area (Å²) >= 11 is 0. The lowest BCUT2D eigenvalue weighted by Gasteiger charge is -2.28.